The second kappa shape index (κ2) is 39.5. The predicted molar refractivity (Wildman–Crippen MR) is 400 cm³/mol. The van der Waals surface area contributed by atoms with Crippen molar-refractivity contribution in [1.82, 2.24) is 62.6 Å². The van der Waals surface area contributed by atoms with Crippen LogP contribution in [-0.4, -0.2) is 241 Å². The lowest BCUT2D eigenvalue weighted by atomic mass is 9.88. The Morgan fingerprint density at radius 3 is 2.12 bits per heavy atom. The van der Waals surface area contributed by atoms with Crippen LogP contribution < -0.4 is 47.9 Å². The van der Waals surface area contributed by atoms with E-state index in [1.54, 1.807) is 73.8 Å². The van der Waals surface area contributed by atoms with Gasteiger partial charge in [-0.25, -0.2) is 4.39 Å². The minimum Gasteiger partial charge on any atom is -0.392 e. The van der Waals surface area contributed by atoms with E-state index in [2.05, 4.69) is 52.8 Å². The number of ether oxygens (including phenoxy) is 3. The van der Waals surface area contributed by atoms with Crippen molar-refractivity contribution in [3.8, 4) is 0 Å². The van der Waals surface area contributed by atoms with Gasteiger partial charge in [-0.3, -0.25) is 57.5 Å². The first-order valence-electron chi connectivity index (χ1n) is 37.6. The van der Waals surface area contributed by atoms with Crippen LogP contribution in [0.4, 0.5) is 4.39 Å². The topological polar surface area (TPSA) is 404 Å². The molecule has 2 fully saturated rings. The zero-order valence-electron chi connectivity index (χ0n) is 63.3. The van der Waals surface area contributed by atoms with E-state index in [1.807, 2.05) is 33.3 Å². The molecular weight excluding hydrogens is 1420 g/mol. The first-order valence-corrected chi connectivity index (χ1v) is 37.6. The maximum Gasteiger partial charge on any atom is 0.246 e. The molecule has 0 unspecified atom stereocenters. The monoisotopic (exact) mass is 1530 g/mol. The SMILES string of the molecule is C[C@@H]1NC(=O)CCC(=O)NCc2ccc(cc2)CCNC(=O)[C@]2(C)CCCN2C(=O)[C@H](Cc2ccc(CO)cc2)NC(=O)[C@H]([C@@H](C)O)NC(=O)C[C@@H]2[C@@H]3CCN2C(=O)[C@H](Cc2c[nH]c4ccc(F)cc24)CC(=O)[C@H](Cc2cccc(c2)CNC(=O)CO3)NC(=O)[C@@H](CNC(=O)CCOCCOCC[N+](C)(C)C)NC1=O. The standard InChI is InChI=1S/C79H104FN13O17/c1-48-73(102)89-63(45-85-68(98)25-31-108-33-34-109-32-30-93(4,5)6)74(103)87-61-37-54-9-7-10-55(35-54)43-84-71(101)47-110-66-24-29-91(76(105)56(39-65(61)96)38-57-44-82-60-20-19-58(80)40-59(57)60)64(66)41-70(100)90-72(49(2)95)75(104)88-62(36-51-13-17-53(46-94)18-14-51)77(106)92-28-8-26-79(92,3)78(107)81-27-23-50-11-15-52(16-12-50)42-83-67(97)21-22-69(99)86-48/h7,9-20,35,40,44,48-49,56,61-64,66,72,82,94-95H,8,21-34,36-39,41-43,45-47H2,1-6H3,(H8-,81,83,84,85,86,87,88,89,90,97,98,99,100,101,102,103,104,107)/p+1/t48-,49+,56+,61-,62-,63+,64+,66-,72-,79-/m0/s1. The molecule has 11 amide bonds. The maximum absolute atomic E-state index is 15.9. The van der Waals surface area contributed by atoms with Crippen molar-refractivity contribution in [2.75, 3.05) is 86.9 Å². The summed E-state index contributed by atoms with van der Waals surface area (Å²) in [6.45, 7) is 4.80. The van der Waals surface area contributed by atoms with Gasteiger partial charge in [0.25, 0.3) is 0 Å². The zero-order valence-corrected chi connectivity index (χ0v) is 63.3. The molecule has 12 N–H and O–H groups in total. The Labute approximate surface area is 638 Å². The van der Waals surface area contributed by atoms with Crippen LogP contribution in [0.1, 0.15) is 111 Å². The molecule has 0 saturated carbocycles. The molecule has 8 bridgehead atoms. The van der Waals surface area contributed by atoms with E-state index in [0.29, 0.717) is 62.7 Å². The van der Waals surface area contributed by atoms with Gasteiger partial charge in [-0.1, -0.05) is 72.8 Å². The molecule has 2 saturated heterocycles. The number of aliphatic hydroxyl groups excluding tert-OH is 2. The Hall–Kier alpha value is -10.0. The highest BCUT2D eigenvalue weighted by Gasteiger charge is 2.49. The van der Waals surface area contributed by atoms with Crippen molar-refractivity contribution in [3.63, 3.8) is 0 Å². The number of hydrogen-bond donors (Lipinski definition) is 12. The molecule has 0 spiro atoms. The number of ketones is 1. The number of aromatic nitrogens is 1. The molecule has 110 heavy (non-hydrogen) atoms. The highest BCUT2D eigenvalue weighted by Crippen LogP contribution is 2.33. The van der Waals surface area contributed by atoms with E-state index >= 15 is 23.6 Å². The van der Waals surface area contributed by atoms with Gasteiger partial charge in [0.2, 0.25) is 65.0 Å². The summed E-state index contributed by atoms with van der Waals surface area (Å²) >= 11 is 0. The van der Waals surface area contributed by atoms with Crippen LogP contribution in [-0.2, 0) is 117 Å². The average Bonchev–Trinajstić information content (AvgIpc) is 1.61. The second-order valence-corrected chi connectivity index (χ2v) is 30.0. The molecule has 10 atom stereocenters. The molecule has 6 heterocycles. The molecule has 5 aromatic rings. The number of rotatable bonds is 17. The number of aromatic amines is 1. The third kappa shape index (κ3) is 24.2. The summed E-state index contributed by atoms with van der Waals surface area (Å²) in [5, 5.41) is 46.3. The largest absolute Gasteiger partial charge is 0.392 e. The van der Waals surface area contributed by atoms with Crippen LogP contribution in [0.3, 0.4) is 0 Å². The number of Topliss-reactive ketones (excluding diaryl/α,β-unsaturated/α-hetero) is 1. The number of amides is 11. The lowest BCUT2D eigenvalue weighted by molar-refractivity contribution is -0.870. The Bertz CT molecular complexity index is 4090. The lowest BCUT2D eigenvalue weighted by Crippen LogP contribution is -2.62. The normalized spacial score (nSPS) is 24.3. The fraction of sp³-hybridized carbons (Fsp3) is 0.519. The van der Waals surface area contributed by atoms with Crippen molar-refractivity contribution in [2.24, 2.45) is 5.92 Å². The second-order valence-electron chi connectivity index (χ2n) is 30.0. The van der Waals surface area contributed by atoms with Crippen molar-refractivity contribution >= 4 is 81.7 Å². The zero-order chi connectivity index (χ0) is 79.2. The van der Waals surface area contributed by atoms with Crippen molar-refractivity contribution in [1.29, 1.82) is 0 Å². The van der Waals surface area contributed by atoms with Gasteiger partial charge in [0.05, 0.1) is 78.5 Å². The number of benzene rings is 4. The maximum atomic E-state index is 15.9. The van der Waals surface area contributed by atoms with E-state index in [-0.39, 0.29) is 111 Å². The summed E-state index contributed by atoms with van der Waals surface area (Å²) in [5.74, 6) is -10.5. The molecule has 31 heteroatoms. The molecule has 10 rings (SSSR count). The first-order chi connectivity index (χ1) is 52.5. The quantitative estimate of drug-likeness (QED) is 0.0345. The van der Waals surface area contributed by atoms with Gasteiger partial charge < -0.3 is 91.5 Å². The van der Waals surface area contributed by atoms with Crippen molar-refractivity contribution in [3.05, 3.63) is 142 Å². The third-order valence-electron chi connectivity index (χ3n) is 20.4. The van der Waals surface area contributed by atoms with Crippen LogP contribution in [0.2, 0.25) is 0 Å². The highest BCUT2D eigenvalue weighted by molar-refractivity contribution is 5.99. The summed E-state index contributed by atoms with van der Waals surface area (Å²) in [5.41, 5.74) is 3.24. The predicted octanol–water partition coefficient (Wildman–Crippen LogP) is 0.629. The number of H-pyrrole nitrogens is 1. The van der Waals surface area contributed by atoms with Gasteiger partial charge >= 0.3 is 0 Å². The molecule has 594 valence electrons. The number of halogens is 1. The molecule has 0 radical (unpaired) electrons. The third-order valence-corrected chi connectivity index (χ3v) is 20.4. The van der Waals surface area contributed by atoms with Gasteiger partial charge in [0.1, 0.15) is 48.7 Å². The molecule has 0 aliphatic carbocycles. The molecular formula is C79H105FN13O17+. The number of carbonyl (C=O) groups excluding carboxylic acids is 12. The average molecular weight is 1530 g/mol. The molecule has 30 nitrogen and oxygen atoms in total. The number of carbonyl (C=O) groups is 12. The Morgan fingerprint density at radius 2 is 1.38 bits per heavy atom. The van der Waals surface area contributed by atoms with E-state index in [9.17, 15) is 48.6 Å². The molecule has 4 aromatic carbocycles. The number of hydrogen-bond acceptors (Lipinski definition) is 17. The van der Waals surface area contributed by atoms with Gasteiger partial charge in [-0.15, -0.1) is 0 Å². The summed E-state index contributed by atoms with van der Waals surface area (Å²) < 4.78 is 33.5. The van der Waals surface area contributed by atoms with Crippen LogP contribution >= 0.6 is 0 Å². The van der Waals surface area contributed by atoms with Gasteiger partial charge in [-0.2, -0.15) is 0 Å². The van der Waals surface area contributed by atoms with Crippen molar-refractivity contribution < 1.29 is 90.8 Å². The molecule has 5 aliphatic heterocycles. The number of likely N-dealkylation sites (N-methyl/N-ethyl adjacent to an activating group) is 1. The summed E-state index contributed by atoms with van der Waals surface area (Å²) in [6, 6.07) is 15.8. The van der Waals surface area contributed by atoms with E-state index in [4.69, 9.17) is 14.2 Å². The van der Waals surface area contributed by atoms with Crippen LogP contribution in [0, 0.1) is 11.7 Å². The number of fused-ring (bicyclic) bond motifs is 27. The van der Waals surface area contributed by atoms with E-state index < -0.39 is 162 Å². The smallest absolute Gasteiger partial charge is 0.246 e. The van der Waals surface area contributed by atoms with Gasteiger partial charge in [0, 0.05) is 101 Å². The lowest BCUT2D eigenvalue weighted by Gasteiger charge is -2.37. The van der Waals surface area contributed by atoms with Crippen LogP contribution in [0.5, 0.6) is 0 Å². The van der Waals surface area contributed by atoms with Crippen LogP contribution in [0.15, 0.2) is 97.2 Å². The minimum atomic E-state index is -1.75. The summed E-state index contributed by atoms with van der Waals surface area (Å²) in [7, 11) is 6.10. The Morgan fingerprint density at radius 1 is 0.691 bits per heavy atom. The van der Waals surface area contributed by atoms with Gasteiger partial charge in [-0.05, 0) is 116 Å². The molecule has 5 aliphatic rings. The van der Waals surface area contributed by atoms with E-state index in [0.717, 1.165) is 17.7 Å². The highest BCUT2D eigenvalue weighted by atomic mass is 19.1. The number of nitrogens with one attached hydrogen (secondary N) is 10. The summed E-state index contributed by atoms with van der Waals surface area (Å²) in [6.07, 6.45) is -2.60. The fourth-order valence-electron chi connectivity index (χ4n) is 14.0. The van der Waals surface area contributed by atoms with Crippen molar-refractivity contribution in [2.45, 2.75) is 172 Å². The number of quaternary nitrogens is 1. The molecule has 1 aromatic heterocycles. The fourth-order valence-corrected chi connectivity index (χ4v) is 14.0. The Kier molecular flexibility index (Phi) is 30.2. The first kappa shape index (κ1) is 84.0. The number of aliphatic hydroxyl groups is 2. The number of nitrogens with zero attached hydrogens (tertiary/aromatic N) is 3. The summed E-state index contributed by atoms with van der Waals surface area (Å²) in [4.78, 5) is 180. The van der Waals surface area contributed by atoms with Crippen LogP contribution in [0.25, 0.3) is 10.9 Å². The van der Waals surface area contributed by atoms with E-state index in [1.165, 1.54) is 41.8 Å². The minimum absolute atomic E-state index is 0.0348. The Balaban J connectivity index is 1.05. The van der Waals surface area contributed by atoms with Gasteiger partial charge in [0.15, 0.2) is 5.78 Å².